The van der Waals surface area contributed by atoms with E-state index >= 15 is 0 Å². The van der Waals surface area contributed by atoms with Gasteiger partial charge in [0, 0.05) is 24.1 Å². The van der Waals surface area contributed by atoms with Crippen molar-refractivity contribution in [3.63, 3.8) is 0 Å². The van der Waals surface area contributed by atoms with Gasteiger partial charge in [-0.1, -0.05) is 43.5 Å². The monoisotopic (exact) mass is 459 g/mol. The molecule has 7 heteroatoms. The maximum Gasteiger partial charge on any atom is 0.332 e. The first kappa shape index (κ1) is 22.2. The average molecular weight is 460 g/mol. The molecule has 5 rings (SSSR count). The normalized spacial score (nSPS) is 15.7. The number of aliphatic carboxylic acids is 1. The molecule has 34 heavy (non-hydrogen) atoms. The summed E-state index contributed by atoms with van der Waals surface area (Å²) >= 11 is 0. The number of rotatable bonds is 5. The van der Waals surface area contributed by atoms with Gasteiger partial charge in [-0.2, -0.15) is 0 Å². The lowest BCUT2D eigenvalue weighted by Crippen LogP contribution is -2.47. The molecule has 1 aliphatic rings. The molecule has 2 aromatic carbocycles. The summed E-state index contributed by atoms with van der Waals surface area (Å²) in [6, 6.07) is 11.9. The average Bonchev–Trinajstić information content (AvgIpc) is 3.16. The zero-order valence-corrected chi connectivity index (χ0v) is 19.5. The standard InChI is InChI=1S/C27H29N3O4/c1-17-9-8-14-22-23(17)19(15-28(22)2)16-29-21-13-7-6-12-20(21)25(31)30(27(29)34)24(26(32)33)18-10-4-3-5-11-18/h6-9,12-15,18,24H,3-5,10-11,16H2,1-2H3,(H,32,33)/t24-/m0/s1. The van der Waals surface area contributed by atoms with E-state index in [1.807, 2.05) is 42.9 Å². The first-order chi connectivity index (χ1) is 16.4. The molecule has 0 radical (unpaired) electrons. The Morgan fingerprint density at radius 2 is 1.74 bits per heavy atom. The van der Waals surface area contributed by atoms with Crippen LogP contribution in [0.5, 0.6) is 0 Å². The molecule has 2 aromatic heterocycles. The second-order valence-corrected chi connectivity index (χ2v) is 9.48. The summed E-state index contributed by atoms with van der Waals surface area (Å²) in [5.74, 6) is -1.35. The number of hydrogen-bond acceptors (Lipinski definition) is 3. The van der Waals surface area contributed by atoms with Crippen molar-refractivity contribution in [3.05, 3.63) is 80.6 Å². The Labute approximate surface area is 196 Å². The van der Waals surface area contributed by atoms with E-state index in [-0.39, 0.29) is 12.5 Å². The van der Waals surface area contributed by atoms with Crippen LogP contribution in [0.2, 0.25) is 0 Å². The molecule has 176 valence electrons. The zero-order valence-electron chi connectivity index (χ0n) is 19.5. The van der Waals surface area contributed by atoms with E-state index in [0.29, 0.717) is 23.7 Å². The maximum atomic E-state index is 13.9. The lowest BCUT2D eigenvalue weighted by Gasteiger charge is -2.29. The summed E-state index contributed by atoms with van der Waals surface area (Å²) in [4.78, 5) is 39.8. The van der Waals surface area contributed by atoms with Gasteiger partial charge in [-0.15, -0.1) is 0 Å². The number of para-hydroxylation sites is 1. The van der Waals surface area contributed by atoms with Gasteiger partial charge in [0.2, 0.25) is 0 Å². The summed E-state index contributed by atoms with van der Waals surface area (Å²) in [5.41, 5.74) is 2.55. The van der Waals surface area contributed by atoms with Gasteiger partial charge in [-0.05, 0) is 55.0 Å². The third-order valence-corrected chi connectivity index (χ3v) is 7.34. The Balaban J connectivity index is 1.76. The molecule has 0 spiro atoms. The van der Waals surface area contributed by atoms with Crippen LogP contribution in [0.3, 0.4) is 0 Å². The van der Waals surface area contributed by atoms with Crippen LogP contribution >= 0.6 is 0 Å². The van der Waals surface area contributed by atoms with Crippen molar-refractivity contribution in [2.75, 3.05) is 0 Å². The largest absolute Gasteiger partial charge is 0.480 e. The molecule has 1 atom stereocenters. The number of hydrogen-bond donors (Lipinski definition) is 1. The van der Waals surface area contributed by atoms with Crippen molar-refractivity contribution in [1.29, 1.82) is 0 Å². The van der Waals surface area contributed by atoms with Gasteiger partial charge >= 0.3 is 11.7 Å². The fourth-order valence-corrected chi connectivity index (χ4v) is 5.73. The van der Waals surface area contributed by atoms with Gasteiger partial charge in [0.15, 0.2) is 0 Å². The molecular weight excluding hydrogens is 430 g/mol. The zero-order chi connectivity index (χ0) is 24.0. The topological polar surface area (TPSA) is 86.2 Å². The second-order valence-electron chi connectivity index (χ2n) is 9.48. The third kappa shape index (κ3) is 3.56. The maximum absolute atomic E-state index is 13.9. The van der Waals surface area contributed by atoms with Crippen molar-refractivity contribution in [1.82, 2.24) is 13.7 Å². The molecule has 1 aliphatic carbocycles. The Hall–Kier alpha value is -3.61. The first-order valence-corrected chi connectivity index (χ1v) is 11.9. The van der Waals surface area contributed by atoms with Crippen molar-refractivity contribution in [2.45, 2.75) is 51.6 Å². The van der Waals surface area contributed by atoms with E-state index in [4.69, 9.17) is 0 Å². The van der Waals surface area contributed by atoms with Gasteiger partial charge in [0.1, 0.15) is 6.04 Å². The van der Waals surface area contributed by atoms with Crippen LogP contribution in [0, 0.1) is 12.8 Å². The number of carboxylic acids is 1. The highest BCUT2D eigenvalue weighted by Crippen LogP contribution is 2.32. The Kier molecular flexibility index (Phi) is 5.63. The second kappa shape index (κ2) is 8.63. The lowest BCUT2D eigenvalue weighted by molar-refractivity contribution is -0.143. The van der Waals surface area contributed by atoms with Crippen LogP contribution in [-0.4, -0.2) is 24.8 Å². The lowest BCUT2D eigenvalue weighted by atomic mass is 9.83. The minimum absolute atomic E-state index is 0.230. The summed E-state index contributed by atoms with van der Waals surface area (Å²) in [6.45, 7) is 2.29. The summed E-state index contributed by atoms with van der Waals surface area (Å²) in [5, 5.41) is 11.6. The summed E-state index contributed by atoms with van der Waals surface area (Å²) in [7, 11) is 1.97. The van der Waals surface area contributed by atoms with Gasteiger partial charge in [-0.3, -0.25) is 9.36 Å². The molecule has 1 fully saturated rings. The van der Waals surface area contributed by atoms with E-state index in [2.05, 4.69) is 0 Å². The molecule has 0 unspecified atom stereocenters. The number of carbonyl (C=O) groups is 1. The van der Waals surface area contributed by atoms with Crippen LogP contribution in [-0.2, 0) is 18.4 Å². The highest BCUT2D eigenvalue weighted by molar-refractivity contribution is 5.87. The number of nitrogens with zero attached hydrogens (tertiary/aromatic N) is 3. The smallest absolute Gasteiger partial charge is 0.332 e. The summed E-state index contributed by atoms with van der Waals surface area (Å²) in [6.07, 6.45) is 6.31. The molecule has 0 amide bonds. The van der Waals surface area contributed by atoms with Gasteiger partial charge < -0.3 is 9.67 Å². The first-order valence-electron chi connectivity index (χ1n) is 11.9. The number of aryl methyl sites for hydroxylation is 2. The molecule has 4 aromatic rings. The van der Waals surface area contributed by atoms with Crippen molar-refractivity contribution >= 4 is 27.8 Å². The van der Waals surface area contributed by atoms with Crippen molar-refractivity contribution in [2.24, 2.45) is 13.0 Å². The Morgan fingerprint density at radius 1 is 1.03 bits per heavy atom. The molecular formula is C27H29N3O4. The van der Waals surface area contributed by atoms with Crippen LogP contribution in [0.4, 0.5) is 0 Å². The molecule has 7 nitrogen and oxygen atoms in total. The SMILES string of the molecule is Cc1cccc2c1c(Cn1c(=O)n([C@H](C(=O)O)C3CCCCC3)c(=O)c3ccccc31)cn2C. The number of carboxylic acid groups (broad SMARTS) is 1. The molecule has 1 N–H and O–H groups in total. The van der Waals surface area contributed by atoms with Gasteiger partial charge in [0.25, 0.3) is 5.56 Å². The summed E-state index contributed by atoms with van der Waals surface area (Å²) < 4.78 is 4.61. The number of aromatic nitrogens is 3. The fraction of sp³-hybridized carbons (Fsp3) is 0.370. The quantitative estimate of drug-likeness (QED) is 0.484. The Bertz CT molecular complexity index is 1520. The molecule has 0 saturated heterocycles. The van der Waals surface area contributed by atoms with Gasteiger partial charge in [0.05, 0.1) is 17.4 Å². The van der Waals surface area contributed by atoms with Crippen molar-refractivity contribution < 1.29 is 9.90 Å². The van der Waals surface area contributed by atoms with Crippen molar-refractivity contribution in [3.8, 4) is 0 Å². The molecule has 2 heterocycles. The molecule has 0 aliphatic heterocycles. The van der Waals surface area contributed by atoms with E-state index < -0.39 is 23.3 Å². The highest BCUT2D eigenvalue weighted by Gasteiger charge is 2.34. The number of fused-ring (bicyclic) bond motifs is 2. The highest BCUT2D eigenvalue weighted by atomic mass is 16.4. The molecule has 1 saturated carbocycles. The van der Waals surface area contributed by atoms with E-state index in [9.17, 15) is 19.5 Å². The fourth-order valence-electron chi connectivity index (χ4n) is 5.73. The van der Waals surface area contributed by atoms with Crippen LogP contribution in [0.25, 0.3) is 21.8 Å². The molecule has 0 bridgehead atoms. The minimum atomic E-state index is -1.16. The van der Waals surface area contributed by atoms with E-state index in [1.165, 1.54) is 0 Å². The van der Waals surface area contributed by atoms with E-state index in [0.717, 1.165) is 45.9 Å². The Morgan fingerprint density at radius 3 is 2.47 bits per heavy atom. The van der Waals surface area contributed by atoms with Crippen LogP contribution in [0.1, 0.15) is 49.3 Å². The minimum Gasteiger partial charge on any atom is -0.480 e. The van der Waals surface area contributed by atoms with Crippen LogP contribution in [0.15, 0.2) is 58.3 Å². The number of benzene rings is 2. The third-order valence-electron chi connectivity index (χ3n) is 7.34. The predicted molar refractivity (Wildman–Crippen MR) is 132 cm³/mol. The van der Waals surface area contributed by atoms with Crippen LogP contribution < -0.4 is 11.2 Å². The predicted octanol–water partition coefficient (Wildman–Crippen LogP) is 4.22. The van der Waals surface area contributed by atoms with E-state index in [1.54, 1.807) is 28.8 Å². The van der Waals surface area contributed by atoms with Gasteiger partial charge in [-0.25, -0.2) is 14.2 Å².